The molecule has 4 rings (SSSR count). The number of anilines is 6. The van der Waals surface area contributed by atoms with E-state index in [1.54, 1.807) is 72.8 Å². The first-order valence-electron chi connectivity index (χ1n) is 10.1. The van der Waals surface area contributed by atoms with Gasteiger partial charge in [0.05, 0.1) is 11.4 Å². The van der Waals surface area contributed by atoms with Crippen LogP contribution < -0.4 is 16.0 Å². The van der Waals surface area contributed by atoms with Crippen molar-refractivity contribution in [3.05, 3.63) is 78.4 Å². The van der Waals surface area contributed by atoms with Gasteiger partial charge in [0.15, 0.2) is 0 Å². The summed E-state index contributed by atoms with van der Waals surface area (Å²) in [4.78, 5) is 52.1. The number of aromatic nitrogens is 3. The van der Waals surface area contributed by atoms with Crippen LogP contribution in [0.5, 0.6) is 0 Å². The van der Waals surface area contributed by atoms with Crippen LogP contribution in [0.15, 0.2) is 82.8 Å². The Morgan fingerprint density at radius 2 is 0.914 bits per heavy atom. The molecule has 4 aromatic rings. The molecule has 170 valence electrons. The van der Waals surface area contributed by atoms with Crippen molar-refractivity contribution in [1.29, 1.82) is 0 Å². The molecule has 1 heterocycles. The average Bonchev–Trinajstić information content (AvgIpc) is 2.87. The average molecular weight is 464 g/mol. The Kier molecular flexibility index (Phi) is 7.05. The van der Waals surface area contributed by atoms with E-state index in [-0.39, 0.29) is 17.8 Å². The van der Waals surface area contributed by atoms with Crippen LogP contribution in [-0.4, -0.2) is 33.4 Å². The van der Waals surface area contributed by atoms with Gasteiger partial charge in [0.25, 0.3) is 0 Å². The number of carbonyl (C=O) groups is 1. The Bertz CT molecular complexity index is 1340. The quantitative estimate of drug-likeness (QED) is 0.179. The van der Waals surface area contributed by atoms with Crippen LogP contribution >= 0.6 is 0 Å². The summed E-state index contributed by atoms with van der Waals surface area (Å²) in [5, 5.41) is 9.25. The lowest BCUT2D eigenvalue weighted by Crippen LogP contribution is -2.07. The summed E-state index contributed by atoms with van der Waals surface area (Å²) in [6.07, 6.45) is 3.74. The molecule has 0 atom stereocenters. The number of benzene rings is 3. The van der Waals surface area contributed by atoms with Crippen molar-refractivity contribution in [3.8, 4) is 0 Å². The second kappa shape index (κ2) is 10.9. The molecule has 0 aliphatic heterocycles. The van der Waals surface area contributed by atoms with Crippen LogP contribution in [0, 0.1) is 0 Å². The van der Waals surface area contributed by atoms with Crippen LogP contribution in [0.3, 0.4) is 0 Å². The number of carbonyl (C=O) groups excluding carboxylic acids is 3. The number of aldehydes is 1. The van der Waals surface area contributed by atoms with Crippen LogP contribution in [0.2, 0.25) is 0 Å². The van der Waals surface area contributed by atoms with Crippen LogP contribution in [0.1, 0.15) is 10.4 Å². The van der Waals surface area contributed by atoms with Gasteiger partial charge in [-0.25, -0.2) is 9.59 Å². The molecular formula is C24H16N8O3. The number of aliphatic imine (C=N–C) groups is 2. The molecule has 35 heavy (non-hydrogen) atoms. The first-order chi connectivity index (χ1) is 17.1. The van der Waals surface area contributed by atoms with E-state index in [9.17, 15) is 14.4 Å². The summed E-state index contributed by atoms with van der Waals surface area (Å²) in [5.41, 5.74) is 3.46. The molecule has 0 aliphatic rings. The first-order valence-corrected chi connectivity index (χ1v) is 10.1. The Morgan fingerprint density at radius 3 is 1.23 bits per heavy atom. The van der Waals surface area contributed by atoms with Crippen LogP contribution in [-0.2, 0) is 9.59 Å². The summed E-state index contributed by atoms with van der Waals surface area (Å²) in [6.45, 7) is 0. The number of hydrogen-bond donors (Lipinski definition) is 3. The third kappa shape index (κ3) is 6.27. The van der Waals surface area contributed by atoms with Gasteiger partial charge in [-0.3, -0.25) is 4.79 Å². The lowest BCUT2D eigenvalue weighted by Gasteiger charge is -2.12. The van der Waals surface area contributed by atoms with Crippen molar-refractivity contribution in [3.63, 3.8) is 0 Å². The zero-order chi connectivity index (χ0) is 24.5. The second-order valence-electron chi connectivity index (χ2n) is 6.92. The van der Waals surface area contributed by atoms with E-state index in [1.165, 1.54) is 12.2 Å². The maximum Gasteiger partial charge on any atom is 0.240 e. The lowest BCUT2D eigenvalue weighted by atomic mass is 10.2. The summed E-state index contributed by atoms with van der Waals surface area (Å²) in [6, 6.07) is 20.2. The summed E-state index contributed by atoms with van der Waals surface area (Å²) in [5.74, 6) is 0.722. The number of nitrogens with one attached hydrogen (secondary N) is 3. The molecule has 1 aromatic heterocycles. The minimum Gasteiger partial charge on any atom is -0.324 e. The zero-order valence-corrected chi connectivity index (χ0v) is 18.0. The van der Waals surface area contributed by atoms with Crippen molar-refractivity contribution in [2.45, 2.75) is 0 Å². The smallest absolute Gasteiger partial charge is 0.240 e. The molecule has 0 bridgehead atoms. The van der Waals surface area contributed by atoms with E-state index in [2.05, 4.69) is 40.9 Å². The Hall–Kier alpha value is -5.50. The highest BCUT2D eigenvalue weighted by molar-refractivity contribution is 5.76. The molecule has 3 aromatic carbocycles. The third-order valence-corrected chi connectivity index (χ3v) is 4.53. The van der Waals surface area contributed by atoms with Gasteiger partial charge in [-0.05, 0) is 72.8 Å². The molecule has 3 N–H and O–H groups in total. The normalized spacial score (nSPS) is 9.83. The Labute approximate surface area is 198 Å². The molecule has 0 unspecified atom stereocenters. The number of isocyanates is 2. The maximum absolute atomic E-state index is 10.9. The molecule has 11 heteroatoms. The highest BCUT2D eigenvalue weighted by atomic mass is 16.1. The Morgan fingerprint density at radius 1 is 0.571 bits per heavy atom. The van der Waals surface area contributed by atoms with Gasteiger partial charge in [-0.15, -0.1) is 0 Å². The standard InChI is InChI=1S/C24H16N8O3/c33-13-16-1-3-19(4-2-16)27-22-30-23(28-20-9-5-17(6-10-20)25-14-34)32-24(31-22)29-21-11-7-18(8-12-21)26-15-35/h1-13H,(H3,27,28,29,30,31,32). The molecule has 0 amide bonds. The molecule has 0 aliphatic carbocycles. The molecule has 0 saturated heterocycles. The first kappa shape index (κ1) is 22.7. The second-order valence-corrected chi connectivity index (χ2v) is 6.92. The van der Waals surface area contributed by atoms with Crippen molar-refractivity contribution in [2.24, 2.45) is 9.98 Å². The highest BCUT2D eigenvalue weighted by Gasteiger charge is 2.09. The third-order valence-electron chi connectivity index (χ3n) is 4.53. The predicted octanol–water partition coefficient (Wildman–Crippen LogP) is 4.85. The molecule has 0 spiro atoms. The van der Waals surface area contributed by atoms with Crippen molar-refractivity contribution < 1.29 is 14.4 Å². The van der Waals surface area contributed by atoms with Gasteiger partial charge in [0.1, 0.15) is 6.29 Å². The van der Waals surface area contributed by atoms with Gasteiger partial charge in [-0.2, -0.15) is 24.9 Å². The van der Waals surface area contributed by atoms with E-state index >= 15 is 0 Å². The van der Waals surface area contributed by atoms with Crippen LogP contribution in [0.4, 0.5) is 46.3 Å². The number of hydrogen-bond acceptors (Lipinski definition) is 11. The van der Waals surface area contributed by atoms with Crippen molar-refractivity contribution >= 4 is 64.7 Å². The number of nitrogens with zero attached hydrogens (tertiary/aromatic N) is 5. The van der Waals surface area contributed by atoms with E-state index in [4.69, 9.17) is 0 Å². The fraction of sp³-hybridized carbons (Fsp3) is 0. The molecule has 0 fully saturated rings. The van der Waals surface area contributed by atoms with Gasteiger partial charge < -0.3 is 16.0 Å². The summed E-state index contributed by atoms with van der Waals surface area (Å²) < 4.78 is 0. The van der Waals surface area contributed by atoms with E-state index in [0.29, 0.717) is 34.0 Å². The van der Waals surface area contributed by atoms with Gasteiger partial charge in [-0.1, -0.05) is 0 Å². The monoisotopic (exact) mass is 464 g/mol. The van der Waals surface area contributed by atoms with E-state index < -0.39 is 0 Å². The van der Waals surface area contributed by atoms with Gasteiger partial charge in [0, 0.05) is 22.6 Å². The minimum absolute atomic E-state index is 0.239. The topological polar surface area (TPSA) is 151 Å². The van der Waals surface area contributed by atoms with Crippen LogP contribution in [0.25, 0.3) is 0 Å². The lowest BCUT2D eigenvalue weighted by molar-refractivity contribution is 0.112. The Balaban J connectivity index is 1.62. The minimum atomic E-state index is 0.239. The summed E-state index contributed by atoms with van der Waals surface area (Å²) in [7, 11) is 0. The molecule has 11 nitrogen and oxygen atoms in total. The van der Waals surface area contributed by atoms with Gasteiger partial charge >= 0.3 is 0 Å². The van der Waals surface area contributed by atoms with Crippen molar-refractivity contribution in [2.75, 3.05) is 16.0 Å². The summed E-state index contributed by atoms with van der Waals surface area (Å²) >= 11 is 0. The van der Waals surface area contributed by atoms with Crippen molar-refractivity contribution in [1.82, 2.24) is 15.0 Å². The molecule has 0 saturated carbocycles. The van der Waals surface area contributed by atoms with E-state index in [1.807, 2.05) is 0 Å². The SMILES string of the molecule is O=C=Nc1ccc(Nc2nc(Nc3ccc(C=O)cc3)nc(Nc3ccc(N=C=O)cc3)n2)cc1. The fourth-order valence-electron chi connectivity index (χ4n) is 2.92. The predicted molar refractivity (Wildman–Crippen MR) is 130 cm³/mol. The highest BCUT2D eigenvalue weighted by Crippen LogP contribution is 2.23. The zero-order valence-electron chi connectivity index (χ0n) is 18.0. The van der Waals surface area contributed by atoms with Gasteiger partial charge in [0.2, 0.25) is 30.0 Å². The molecule has 0 radical (unpaired) electrons. The number of rotatable bonds is 9. The molecular weight excluding hydrogens is 448 g/mol. The fourth-order valence-corrected chi connectivity index (χ4v) is 2.92. The largest absolute Gasteiger partial charge is 0.324 e. The van der Waals surface area contributed by atoms with E-state index in [0.717, 1.165) is 6.29 Å². The maximum atomic E-state index is 10.9.